The van der Waals surface area contributed by atoms with Crippen LogP contribution in [-0.2, 0) is 24.7 Å². The fourth-order valence-corrected chi connectivity index (χ4v) is 2.80. The molecule has 2 atom stereocenters. The second-order valence-corrected chi connectivity index (χ2v) is 5.82. The number of alkyl halides is 3. The van der Waals surface area contributed by atoms with E-state index in [1.807, 2.05) is 0 Å². The van der Waals surface area contributed by atoms with E-state index in [0.29, 0.717) is 0 Å². The molecule has 0 aliphatic heterocycles. The molecule has 0 aliphatic rings. The van der Waals surface area contributed by atoms with Crippen LogP contribution in [0.15, 0.2) is 60.7 Å². The highest BCUT2D eigenvalue weighted by atomic mass is 19.4. The summed E-state index contributed by atoms with van der Waals surface area (Å²) in [6.45, 7) is 1.56. The maximum Gasteiger partial charge on any atom is 0.430 e. The summed E-state index contributed by atoms with van der Waals surface area (Å²) >= 11 is 0. The molecule has 2 aromatic carbocycles. The second kappa shape index (κ2) is 8.88. The average Bonchev–Trinajstić information content (AvgIpc) is 2.67. The number of amides is 1. The summed E-state index contributed by atoms with van der Waals surface area (Å²) in [6, 6.07) is 13.0. The van der Waals surface area contributed by atoms with Gasteiger partial charge in [0.05, 0.1) is 6.61 Å². The van der Waals surface area contributed by atoms with Gasteiger partial charge in [-0.2, -0.15) is 13.2 Å². The van der Waals surface area contributed by atoms with Crippen molar-refractivity contribution in [1.82, 2.24) is 5.32 Å². The monoisotopic (exact) mass is 395 g/mol. The third-order valence-corrected chi connectivity index (χ3v) is 4.14. The predicted octanol–water partition coefficient (Wildman–Crippen LogP) is 3.51. The Kier molecular flexibility index (Phi) is 6.80. The average molecular weight is 395 g/mol. The van der Waals surface area contributed by atoms with E-state index < -0.39 is 35.3 Å². The van der Waals surface area contributed by atoms with Gasteiger partial charge >= 0.3 is 12.1 Å². The highest BCUT2D eigenvalue weighted by molar-refractivity contribution is 5.92. The van der Waals surface area contributed by atoms with Gasteiger partial charge in [-0.25, -0.2) is 4.79 Å². The third kappa shape index (κ3) is 4.17. The lowest BCUT2D eigenvalue weighted by Gasteiger charge is -2.34. The van der Waals surface area contributed by atoms with Crippen molar-refractivity contribution in [2.45, 2.75) is 24.7 Å². The second-order valence-electron chi connectivity index (χ2n) is 5.82. The summed E-state index contributed by atoms with van der Waals surface area (Å²) in [7, 11) is 0.794. The molecule has 0 spiro atoms. The first-order chi connectivity index (χ1) is 13.3. The van der Waals surface area contributed by atoms with Crippen LogP contribution in [0, 0.1) is 0 Å². The Bertz CT molecular complexity index is 796. The van der Waals surface area contributed by atoms with Gasteiger partial charge in [-0.05, 0) is 12.5 Å². The number of nitrogens with one attached hydrogen (secondary N) is 1. The molecule has 1 N–H and O–H groups in total. The van der Waals surface area contributed by atoms with Crippen molar-refractivity contribution in [3.8, 4) is 0 Å². The molecular formula is C20H20F3NO4. The van der Waals surface area contributed by atoms with E-state index in [2.05, 4.69) is 5.32 Å². The van der Waals surface area contributed by atoms with E-state index in [-0.39, 0.29) is 12.2 Å². The summed E-state index contributed by atoms with van der Waals surface area (Å²) in [5.41, 5.74) is -3.40. The van der Waals surface area contributed by atoms with Gasteiger partial charge in [0.15, 0.2) is 6.04 Å². The molecule has 28 heavy (non-hydrogen) atoms. The maximum absolute atomic E-state index is 14.0. The zero-order chi connectivity index (χ0) is 20.8. The number of carbonyl (C=O) groups is 2. The lowest BCUT2D eigenvalue weighted by molar-refractivity contribution is -0.266. The number of methoxy groups -OCH3 is 1. The Morgan fingerprint density at radius 1 is 1.00 bits per heavy atom. The summed E-state index contributed by atoms with van der Waals surface area (Å²) in [5.74, 6) is -2.39. The smallest absolute Gasteiger partial charge is 0.430 e. The fraction of sp³-hybridized carbons (Fsp3) is 0.300. The van der Waals surface area contributed by atoms with Gasteiger partial charge in [0, 0.05) is 12.7 Å². The first-order valence-corrected chi connectivity index (χ1v) is 8.47. The van der Waals surface area contributed by atoms with Crippen LogP contribution < -0.4 is 5.32 Å². The van der Waals surface area contributed by atoms with Crippen molar-refractivity contribution in [3.05, 3.63) is 71.8 Å². The molecule has 0 saturated heterocycles. The third-order valence-electron chi connectivity index (χ3n) is 4.14. The number of esters is 1. The highest BCUT2D eigenvalue weighted by Crippen LogP contribution is 2.42. The van der Waals surface area contributed by atoms with E-state index in [4.69, 9.17) is 9.47 Å². The highest BCUT2D eigenvalue weighted by Gasteiger charge is 2.63. The van der Waals surface area contributed by atoms with Crippen LogP contribution in [0.5, 0.6) is 0 Å². The van der Waals surface area contributed by atoms with Crippen LogP contribution in [0.2, 0.25) is 0 Å². The van der Waals surface area contributed by atoms with Gasteiger partial charge in [-0.3, -0.25) is 4.79 Å². The van der Waals surface area contributed by atoms with Gasteiger partial charge in [0.2, 0.25) is 0 Å². The number of carbonyl (C=O) groups excluding carboxylic acids is 2. The van der Waals surface area contributed by atoms with Crippen LogP contribution in [0.3, 0.4) is 0 Å². The number of hydrogen-bond acceptors (Lipinski definition) is 4. The van der Waals surface area contributed by atoms with Crippen LogP contribution in [0.1, 0.15) is 24.1 Å². The van der Waals surface area contributed by atoms with E-state index in [0.717, 1.165) is 19.2 Å². The van der Waals surface area contributed by atoms with Crippen LogP contribution in [0.4, 0.5) is 13.2 Å². The van der Waals surface area contributed by atoms with E-state index in [9.17, 15) is 22.8 Å². The number of hydrogen-bond donors (Lipinski definition) is 1. The Labute approximate surface area is 160 Å². The number of ether oxygens (including phenoxy) is 2. The Balaban J connectivity index is 2.49. The summed E-state index contributed by atoms with van der Waals surface area (Å²) in [6.07, 6.45) is -5.08. The zero-order valence-corrected chi connectivity index (χ0v) is 15.3. The Morgan fingerprint density at radius 2 is 1.54 bits per heavy atom. The molecule has 2 aromatic rings. The molecular weight excluding hydrogens is 375 g/mol. The van der Waals surface area contributed by atoms with Gasteiger partial charge in [-0.1, -0.05) is 60.7 Å². The lowest BCUT2D eigenvalue weighted by atomic mass is 9.91. The summed E-state index contributed by atoms with van der Waals surface area (Å²) in [5, 5.41) is 2.16. The standard InChI is InChI=1S/C20H20F3NO4/c1-3-28-17(25)16(14-10-6-4-7-11-14)24-18(26)19(27-2,20(21,22)23)15-12-8-5-9-13-15/h4-13,16H,3H2,1-2H3,(H,24,26)/t16?,19-/m0/s1. The van der Waals surface area contributed by atoms with Crippen LogP contribution in [0.25, 0.3) is 0 Å². The summed E-state index contributed by atoms with van der Waals surface area (Å²) in [4.78, 5) is 25.2. The number of benzene rings is 2. The molecule has 0 radical (unpaired) electrons. The molecule has 5 nitrogen and oxygen atoms in total. The van der Waals surface area contributed by atoms with Crippen molar-refractivity contribution < 1.29 is 32.2 Å². The van der Waals surface area contributed by atoms with Crippen LogP contribution >= 0.6 is 0 Å². The molecule has 8 heteroatoms. The van der Waals surface area contributed by atoms with Crippen molar-refractivity contribution in [2.24, 2.45) is 0 Å². The van der Waals surface area contributed by atoms with Gasteiger partial charge in [0.25, 0.3) is 11.5 Å². The minimum Gasteiger partial charge on any atom is -0.464 e. The molecule has 150 valence electrons. The minimum absolute atomic E-state index is 0.00537. The van der Waals surface area contributed by atoms with Gasteiger partial charge in [-0.15, -0.1) is 0 Å². The molecule has 0 aromatic heterocycles. The SMILES string of the molecule is CCOC(=O)C(NC(=O)[C@@](OC)(c1ccccc1)C(F)(F)F)c1ccccc1. The topological polar surface area (TPSA) is 64.6 Å². The number of halogens is 3. The molecule has 1 unspecified atom stereocenters. The fourth-order valence-electron chi connectivity index (χ4n) is 2.80. The minimum atomic E-state index is -5.08. The molecule has 1 amide bonds. The van der Waals surface area contributed by atoms with Gasteiger partial charge in [0.1, 0.15) is 0 Å². The Hall–Kier alpha value is -2.87. The van der Waals surface area contributed by atoms with Crippen LogP contribution in [-0.4, -0.2) is 31.8 Å². The molecule has 0 heterocycles. The molecule has 0 aliphatic carbocycles. The first-order valence-electron chi connectivity index (χ1n) is 8.47. The van der Waals surface area contributed by atoms with E-state index in [1.54, 1.807) is 25.1 Å². The summed E-state index contributed by atoms with van der Waals surface area (Å²) < 4.78 is 51.7. The number of rotatable bonds is 7. The quantitative estimate of drug-likeness (QED) is 0.729. The molecule has 0 saturated carbocycles. The Morgan fingerprint density at radius 3 is 2.00 bits per heavy atom. The van der Waals surface area contributed by atoms with Gasteiger partial charge < -0.3 is 14.8 Å². The first kappa shape index (κ1) is 21.4. The molecule has 2 rings (SSSR count). The zero-order valence-electron chi connectivity index (χ0n) is 15.3. The lowest BCUT2D eigenvalue weighted by Crippen LogP contribution is -2.57. The predicted molar refractivity (Wildman–Crippen MR) is 95.1 cm³/mol. The molecule has 0 bridgehead atoms. The normalized spacial score (nSPS) is 14.6. The van der Waals surface area contributed by atoms with Crippen molar-refractivity contribution in [2.75, 3.05) is 13.7 Å². The maximum atomic E-state index is 14.0. The van der Waals surface area contributed by atoms with E-state index in [1.165, 1.54) is 30.3 Å². The van der Waals surface area contributed by atoms with E-state index >= 15 is 0 Å². The largest absolute Gasteiger partial charge is 0.464 e. The van der Waals surface area contributed by atoms with Crippen molar-refractivity contribution in [1.29, 1.82) is 0 Å². The van der Waals surface area contributed by atoms with Crippen molar-refractivity contribution in [3.63, 3.8) is 0 Å². The van der Waals surface area contributed by atoms with Crippen molar-refractivity contribution >= 4 is 11.9 Å². The molecule has 0 fully saturated rings.